The Morgan fingerprint density at radius 3 is 2.61 bits per heavy atom. The molecule has 0 spiro atoms. The number of aliphatic carboxylic acids is 2. The molecule has 0 aliphatic carbocycles. The van der Waals surface area contributed by atoms with Crippen molar-refractivity contribution in [3.8, 4) is 5.88 Å². The number of nitrogen functional groups attached to an aromatic ring is 1. The van der Waals surface area contributed by atoms with Crippen LogP contribution in [0.3, 0.4) is 0 Å². The number of amides is 1. The van der Waals surface area contributed by atoms with Gasteiger partial charge in [0.05, 0.1) is 16.9 Å². The summed E-state index contributed by atoms with van der Waals surface area (Å²) in [5.41, 5.74) is 6.30. The Morgan fingerprint density at radius 2 is 1.97 bits per heavy atom. The van der Waals surface area contributed by atoms with Crippen molar-refractivity contribution in [1.82, 2.24) is 20.3 Å². The van der Waals surface area contributed by atoms with Gasteiger partial charge in [0.15, 0.2) is 0 Å². The van der Waals surface area contributed by atoms with Crippen molar-refractivity contribution in [3.63, 3.8) is 0 Å². The van der Waals surface area contributed by atoms with Gasteiger partial charge in [-0.3, -0.25) is 9.59 Å². The predicted molar refractivity (Wildman–Crippen MR) is 109 cm³/mol. The Hall–Kier alpha value is -3.71. The van der Waals surface area contributed by atoms with Crippen LogP contribution in [0.25, 0.3) is 11.0 Å². The van der Waals surface area contributed by atoms with Gasteiger partial charge in [0, 0.05) is 23.4 Å². The van der Waals surface area contributed by atoms with Gasteiger partial charge in [0.2, 0.25) is 11.8 Å². The van der Waals surface area contributed by atoms with E-state index in [2.05, 4.69) is 20.3 Å². The van der Waals surface area contributed by atoms with E-state index in [9.17, 15) is 29.7 Å². The summed E-state index contributed by atoms with van der Waals surface area (Å²) < 4.78 is 0. The van der Waals surface area contributed by atoms with Crippen LogP contribution in [0.5, 0.6) is 5.88 Å². The molecule has 0 saturated heterocycles. The second-order valence-corrected chi connectivity index (χ2v) is 7.72. The van der Waals surface area contributed by atoms with E-state index in [4.69, 9.17) is 10.8 Å². The Kier molecular flexibility index (Phi) is 6.36. The molecule has 0 saturated carbocycles. The number of thiophene rings is 1. The molecule has 3 rings (SSSR count). The highest BCUT2D eigenvalue weighted by atomic mass is 32.1. The number of anilines is 1. The molecule has 164 valence electrons. The van der Waals surface area contributed by atoms with Gasteiger partial charge < -0.3 is 36.5 Å². The number of aromatic amines is 1. The van der Waals surface area contributed by atoms with E-state index >= 15 is 0 Å². The van der Waals surface area contributed by atoms with Crippen molar-refractivity contribution in [2.24, 2.45) is 0 Å². The van der Waals surface area contributed by atoms with Crippen LogP contribution in [0.4, 0.5) is 5.95 Å². The highest BCUT2D eigenvalue weighted by Gasteiger charge is 2.26. The third kappa shape index (κ3) is 4.73. The number of carbonyl (C=O) groups excluding carboxylic acids is 1. The van der Waals surface area contributed by atoms with Gasteiger partial charge in [-0.1, -0.05) is 0 Å². The minimum Gasteiger partial charge on any atom is -0.493 e. The van der Waals surface area contributed by atoms with Crippen LogP contribution < -0.4 is 11.1 Å². The van der Waals surface area contributed by atoms with Crippen LogP contribution in [0.2, 0.25) is 0 Å². The van der Waals surface area contributed by atoms with Crippen molar-refractivity contribution >= 4 is 46.2 Å². The van der Waals surface area contributed by atoms with Crippen LogP contribution in [0.15, 0.2) is 18.3 Å². The summed E-state index contributed by atoms with van der Waals surface area (Å²) in [6.45, 7) is -0.352. The molecule has 0 fully saturated rings. The van der Waals surface area contributed by atoms with Crippen LogP contribution in [-0.2, 0) is 9.59 Å². The number of fused-ring (bicyclic) bond motifs is 1. The standard InChI is InChI=1S/C18H19N5O7S/c19-18-22-14-13(16(28)23-18)7(5-20-14)8(6-24)10-2-3-11(31-10)15(27)21-9(17(29)30)1-4-12(25)26/h2-3,5,8-9,24H,1,4,6H2,(H,21,27)(H,25,26)(H,29,30)(H4,19,20,22,23,28)/t8?,9-/m0/s1. The van der Waals surface area contributed by atoms with Gasteiger partial charge in [0.1, 0.15) is 11.7 Å². The molecule has 8 N–H and O–H groups in total. The number of rotatable bonds is 9. The highest BCUT2D eigenvalue weighted by molar-refractivity contribution is 7.14. The lowest BCUT2D eigenvalue weighted by Crippen LogP contribution is -2.40. The molecule has 3 aromatic rings. The number of carboxylic acid groups (broad SMARTS) is 2. The highest BCUT2D eigenvalue weighted by Crippen LogP contribution is 2.36. The van der Waals surface area contributed by atoms with Gasteiger partial charge in [0.25, 0.3) is 5.91 Å². The summed E-state index contributed by atoms with van der Waals surface area (Å²) in [5.74, 6) is -4.28. The monoisotopic (exact) mass is 449 g/mol. The fourth-order valence-electron chi connectivity index (χ4n) is 3.09. The number of aliphatic hydroxyl groups is 1. The second-order valence-electron chi connectivity index (χ2n) is 6.61. The lowest BCUT2D eigenvalue weighted by molar-refractivity contribution is -0.140. The molecule has 12 nitrogen and oxygen atoms in total. The van der Waals surface area contributed by atoms with Gasteiger partial charge in [-0.05, 0) is 24.1 Å². The first-order valence-electron chi connectivity index (χ1n) is 9.00. The molecule has 2 atom stereocenters. The summed E-state index contributed by atoms with van der Waals surface area (Å²) >= 11 is 1.03. The molecule has 31 heavy (non-hydrogen) atoms. The molecule has 0 aliphatic heterocycles. The molecule has 3 heterocycles. The summed E-state index contributed by atoms with van der Waals surface area (Å²) in [5, 5.41) is 40.6. The first-order valence-corrected chi connectivity index (χ1v) is 9.82. The number of nitrogens with two attached hydrogens (primary N) is 1. The molecule has 1 amide bonds. The van der Waals surface area contributed by atoms with Crippen LogP contribution in [0.1, 0.15) is 38.9 Å². The summed E-state index contributed by atoms with van der Waals surface area (Å²) in [4.78, 5) is 45.8. The number of aliphatic hydroxyl groups excluding tert-OH is 1. The number of aromatic nitrogens is 3. The van der Waals surface area contributed by atoms with E-state index in [1.54, 1.807) is 12.3 Å². The molecule has 0 aromatic carbocycles. The van der Waals surface area contributed by atoms with E-state index < -0.39 is 36.2 Å². The normalized spacial score (nSPS) is 13.1. The van der Waals surface area contributed by atoms with E-state index in [1.807, 2.05) is 0 Å². The SMILES string of the molecule is Nc1nc(O)c2c(C(CO)c3ccc(C(=O)N[C@@H](CCC(=O)O)C(=O)O)s3)c[nH]c2n1. The molecule has 13 heteroatoms. The lowest BCUT2D eigenvalue weighted by Gasteiger charge is -2.13. The van der Waals surface area contributed by atoms with E-state index in [-0.39, 0.29) is 40.8 Å². The number of hydrogen-bond donors (Lipinski definition) is 7. The van der Waals surface area contributed by atoms with E-state index in [0.717, 1.165) is 11.3 Å². The molecule has 1 unspecified atom stereocenters. The van der Waals surface area contributed by atoms with Crippen molar-refractivity contribution in [2.45, 2.75) is 24.8 Å². The number of carboxylic acids is 2. The maximum absolute atomic E-state index is 12.5. The third-order valence-electron chi connectivity index (χ3n) is 4.56. The number of nitrogens with one attached hydrogen (secondary N) is 2. The summed E-state index contributed by atoms with van der Waals surface area (Å²) in [7, 11) is 0. The van der Waals surface area contributed by atoms with Crippen molar-refractivity contribution in [2.75, 3.05) is 12.3 Å². The largest absolute Gasteiger partial charge is 0.493 e. The smallest absolute Gasteiger partial charge is 0.326 e. The number of aromatic hydroxyl groups is 1. The van der Waals surface area contributed by atoms with Gasteiger partial charge in [-0.25, -0.2) is 4.79 Å². The molecule has 0 aliphatic rings. The minimum atomic E-state index is -1.35. The van der Waals surface area contributed by atoms with Gasteiger partial charge >= 0.3 is 11.9 Å². The lowest BCUT2D eigenvalue weighted by atomic mass is 9.99. The van der Waals surface area contributed by atoms with Crippen LogP contribution >= 0.6 is 11.3 Å². The molecular weight excluding hydrogens is 430 g/mol. The molecular formula is C18H19N5O7S. The number of H-pyrrole nitrogens is 1. The van der Waals surface area contributed by atoms with Gasteiger partial charge in [-0.2, -0.15) is 9.97 Å². The predicted octanol–water partition coefficient (Wildman–Crippen LogP) is 0.479. The Balaban J connectivity index is 1.84. The Morgan fingerprint density at radius 1 is 1.23 bits per heavy atom. The number of hydrogen-bond acceptors (Lipinski definition) is 9. The van der Waals surface area contributed by atoms with Crippen molar-refractivity contribution < 1.29 is 34.8 Å². The Labute approximate surface area is 178 Å². The number of nitrogens with zero attached hydrogens (tertiary/aromatic N) is 2. The molecule has 0 bridgehead atoms. The second kappa shape index (κ2) is 8.97. The summed E-state index contributed by atoms with van der Waals surface area (Å²) in [6, 6.07) is 1.72. The molecule has 0 radical (unpaired) electrons. The number of carbonyl (C=O) groups is 3. The first kappa shape index (κ1) is 22.0. The average Bonchev–Trinajstić information content (AvgIpc) is 3.33. The average molecular weight is 449 g/mol. The van der Waals surface area contributed by atoms with Crippen molar-refractivity contribution in [1.29, 1.82) is 0 Å². The minimum absolute atomic E-state index is 0.120. The van der Waals surface area contributed by atoms with E-state index in [0.29, 0.717) is 10.4 Å². The maximum Gasteiger partial charge on any atom is 0.326 e. The van der Waals surface area contributed by atoms with Gasteiger partial charge in [-0.15, -0.1) is 11.3 Å². The zero-order valence-electron chi connectivity index (χ0n) is 15.9. The van der Waals surface area contributed by atoms with Crippen LogP contribution in [0, 0.1) is 0 Å². The summed E-state index contributed by atoms with van der Waals surface area (Å²) in [6.07, 6.45) is 0.882. The molecule has 3 aromatic heterocycles. The zero-order chi connectivity index (χ0) is 22.7. The quantitative estimate of drug-likeness (QED) is 0.240. The first-order chi connectivity index (χ1) is 14.7. The van der Waals surface area contributed by atoms with Crippen LogP contribution in [-0.4, -0.2) is 65.9 Å². The fraction of sp³-hybridized carbons (Fsp3) is 0.278. The third-order valence-corrected chi connectivity index (χ3v) is 5.76. The van der Waals surface area contributed by atoms with E-state index in [1.165, 1.54) is 6.07 Å². The van der Waals surface area contributed by atoms with Crippen molar-refractivity contribution in [3.05, 3.63) is 33.6 Å². The Bertz CT molecular complexity index is 1140. The topological polar surface area (TPSA) is 212 Å². The fourth-order valence-corrected chi connectivity index (χ4v) is 4.11. The zero-order valence-corrected chi connectivity index (χ0v) is 16.7. The maximum atomic E-state index is 12.5.